The van der Waals surface area contributed by atoms with Crippen molar-refractivity contribution in [2.75, 3.05) is 18.5 Å². The number of carbonyl (C=O) groups excluding carboxylic acids is 3. The van der Waals surface area contributed by atoms with Gasteiger partial charge in [-0.05, 0) is 48.9 Å². The fourth-order valence-corrected chi connectivity index (χ4v) is 3.11. The summed E-state index contributed by atoms with van der Waals surface area (Å²) in [4.78, 5) is 36.2. The number of para-hydroxylation sites is 3. The molecule has 0 saturated carbocycles. The van der Waals surface area contributed by atoms with E-state index >= 15 is 0 Å². The zero-order chi connectivity index (χ0) is 24.3. The van der Waals surface area contributed by atoms with E-state index in [9.17, 15) is 14.4 Å². The predicted molar refractivity (Wildman–Crippen MR) is 127 cm³/mol. The molecular formula is C26H26N2O6. The third kappa shape index (κ3) is 7.09. The summed E-state index contributed by atoms with van der Waals surface area (Å²) in [6.07, 6.45) is 0. The number of carbonyl (C=O) groups is 3. The van der Waals surface area contributed by atoms with Crippen molar-refractivity contribution in [3.8, 4) is 17.2 Å². The van der Waals surface area contributed by atoms with Crippen molar-refractivity contribution in [1.82, 2.24) is 5.32 Å². The van der Waals surface area contributed by atoms with Crippen molar-refractivity contribution in [1.29, 1.82) is 0 Å². The number of esters is 1. The van der Waals surface area contributed by atoms with Gasteiger partial charge in [-0.3, -0.25) is 14.4 Å². The largest absolute Gasteiger partial charge is 0.490 e. The summed E-state index contributed by atoms with van der Waals surface area (Å²) in [5.41, 5.74) is 1.62. The molecule has 0 heterocycles. The van der Waals surface area contributed by atoms with Crippen LogP contribution < -0.4 is 24.8 Å². The Morgan fingerprint density at radius 3 is 2.29 bits per heavy atom. The van der Waals surface area contributed by atoms with Crippen LogP contribution in [0.4, 0.5) is 5.69 Å². The monoisotopic (exact) mass is 462 g/mol. The van der Waals surface area contributed by atoms with E-state index in [4.69, 9.17) is 14.2 Å². The second kappa shape index (κ2) is 12.1. The summed E-state index contributed by atoms with van der Waals surface area (Å²) in [5.74, 6) is 0.186. The quantitative estimate of drug-likeness (QED) is 0.349. The van der Waals surface area contributed by atoms with Gasteiger partial charge in [0.1, 0.15) is 5.75 Å². The molecule has 0 aliphatic rings. The van der Waals surface area contributed by atoms with Gasteiger partial charge in [0.05, 0.1) is 6.61 Å². The van der Waals surface area contributed by atoms with Gasteiger partial charge >= 0.3 is 5.97 Å². The average molecular weight is 463 g/mol. The molecule has 176 valence electrons. The van der Waals surface area contributed by atoms with Gasteiger partial charge in [-0.1, -0.05) is 36.4 Å². The zero-order valence-electron chi connectivity index (χ0n) is 19.0. The summed E-state index contributed by atoms with van der Waals surface area (Å²) in [6, 6.07) is 20.6. The maximum atomic E-state index is 12.6. The topological polar surface area (TPSA) is 103 Å². The Hall–Kier alpha value is -4.33. The second-order valence-corrected chi connectivity index (χ2v) is 7.18. The lowest BCUT2D eigenvalue weighted by Gasteiger charge is -2.14. The molecule has 0 fully saturated rings. The van der Waals surface area contributed by atoms with E-state index < -0.39 is 5.97 Å². The van der Waals surface area contributed by atoms with Crippen LogP contribution in [0.5, 0.6) is 17.2 Å². The van der Waals surface area contributed by atoms with E-state index in [1.54, 1.807) is 54.6 Å². The lowest BCUT2D eigenvalue weighted by Crippen LogP contribution is -2.25. The number of anilines is 1. The summed E-state index contributed by atoms with van der Waals surface area (Å²) >= 11 is 0. The second-order valence-electron chi connectivity index (χ2n) is 7.18. The molecule has 0 unspecified atom stereocenters. The SMILES string of the molecule is CCOc1ccccc1OCC(=O)Nc1ccccc1CNC(=O)c1cccc(OC(C)=O)c1. The third-order valence-electron chi connectivity index (χ3n) is 4.60. The van der Waals surface area contributed by atoms with Crippen molar-refractivity contribution < 1.29 is 28.6 Å². The molecule has 0 radical (unpaired) electrons. The highest BCUT2D eigenvalue weighted by Gasteiger charge is 2.12. The molecule has 34 heavy (non-hydrogen) atoms. The number of nitrogens with one attached hydrogen (secondary N) is 2. The number of ether oxygens (including phenoxy) is 3. The van der Waals surface area contributed by atoms with E-state index in [0.29, 0.717) is 35.1 Å². The Morgan fingerprint density at radius 1 is 0.853 bits per heavy atom. The number of benzene rings is 3. The van der Waals surface area contributed by atoms with Crippen LogP contribution in [-0.4, -0.2) is 31.0 Å². The molecule has 3 aromatic carbocycles. The normalized spacial score (nSPS) is 10.2. The van der Waals surface area contributed by atoms with Crippen LogP contribution >= 0.6 is 0 Å². The van der Waals surface area contributed by atoms with E-state index in [1.807, 2.05) is 19.1 Å². The van der Waals surface area contributed by atoms with Crippen LogP contribution in [0, 0.1) is 0 Å². The van der Waals surface area contributed by atoms with Crippen LogP contribution in [0.25, 0.3) is 0 Å². The molecule has 0 aliphatic carbocycles. The maximum absolute atomic E-state index is 12.6. The van der Waals surface area contributed by atoms with Crippen LogP contribution in [-0.2, 0) is 16.1 Å². The first-order chi connectivity index (χ1) is 16.5. The van der Waals surface area contributed by atoms with Gasteiger partial charge in [0.25, 0.3) is 11.8 Å². The first kappa shape index (κ1) is 24.3. The molecule has 0 atom stereocenters. The Balaban J connectivity index is 1.59. The van der Waals surface area contributed by atoms with Crippen molar-refractivity contribution in [3.05, 3.63) is 83.9 Å². The van der Waals surface area contributed by atoms with Crippen molar-refractivity contribution in [3.63, 3.8) is 0 Å². The summed E-state index contributed by atoms with van der Waals surface area (Å²) in [7, 11) is 0. The highest BCUT2D eigenvalue weighted by atomic mass is 16.5. The fourth-order valence-electron chi connectivity index (χ4n) is 3.11. The number of rotatable bonds is 10. The predicted octanol–water partition coefficient (Wildman–Crippen LogP) is 3.96. The Morgan fingerprint density at radius 2 is 1.56 bits per heavy atom. The summed E-state index contributed by atoms with van der Waals surface area (Å²) < 4.78 is 16.1. The molecule has 8 nitrogen and oxygen atoms in total. The molecule has 2 amide bonds. The molecule has 2 N–H and O–H groups in total. The number of amides is 2. The number of hydrogen-bond acceptors (Lipinski definition) is 6. The van der Waals surface area contributed by atoms with E-state index in [2.05, 4.69) is 10.6 Å². The maximum Gasteiger partial charge on any atom is 0.308 e. The zero-order valence-corrected chi connectivity index (χ0v) is 19.0. The highest BCUT2D eigenvalue weighted by Crippen LogP contribution is 2.26. The van der Waals surface area contributed by atoms with E-state index in [0.717, 1.165) is 5.56 Å². The standard InChI is InChI=1S/C26H26N2O6/c1-3-32-23-13-6-7-14-24(23)33-17-25(30)28-22-12-5-4-9-20(22)16-27-26(31)19-10-8-11-21(15-19)34-18(2)29/h4-15H,3,16-17H2,1-2H3,(H,27,31)(H,28,30). The Labute approximate surface area is 197 Å². The summed E-state index contributed by atoms with van der Waals surface area (Å²) in [5, 5.41) is 5.62. The van der Waals surface area contributed by atoms with Crippen LogP contribution in [0.15, 0.2) is 72.8 Å². The van der Waals surface area contributed by atoms with Gasteiger partial charge in [0, 0.05) is 24.7 Å². The molecule has 3 rings (SSSR count). The van der Waals surface area contributed by atoms with Gasteiger partial charge in [-0.2, -0.15) is 0 Å². The molecular weight excluding hydrogens is 436 g/mol. The minimum absolute atomic E-state index is 0.182. The van der Waals surface area contributed by atoms with Crippen molar-refractivity contribution in [2.45, 2.75) is 20.4 Å². The fraction of sp³-hybridized carbons (Fsp3) is 0.192. The average Bonchev–Trinajstić information content (AvgIpc) is 2.83. The number of hydrogen-bond donors (Lipinski definition) is 2. The van der Waals surface area contributed by atoms with Crippen LogP contribution in [0.3, 0.4) is 0 Å². The first-order valence-electron chi connectivity index (χ1n) is 10.8. The Bertz CT molecular complexity index is 1160. The van der Waals surface area contributed by atoms with E-state index in [1.165, 1.54) is 13.0 Å². The molecule has 3 aromatic rings. The van der Waals surface area contributed by atoms with Crippen molar-refractivity contribution >= 4 is 23.5 Å². The first-order valence-corrected chi connectivity index (χ1v) is 10.8. The molecule has 8 heteroatoms. The van der Waals surface area contributed by atoms with Gasteiger partial charge < -0.3 is 24.8 Å². The lowest BCUT2D eigenvalue weighted by atomic mass is 10.1. The molecule has 0 spiro atoms. The summed E-state index contributed by atoms with van der Waals surface area (Å²) in [6.45, 7) is 3.63. The third-order valence-corrected chi connectivity index (χ3v) is 4.60. The Kier molecular flexibility index (Phi) is 8.62. The van der Waals surface area contributed by atoms with Gasteiger partial charge in [-0.15, -0.1) is 0 Å². The van der Waals surface area contributed by atoms with Crippen LogP contribution in [0.2, 0.25) is 0 Å². The van der Waals surface area contributed by atoms with Gasteiger partial charge in [-0.25, -0.2) is 0 Å². The minimum Gasteiger partial charge on any atom is -0.490 e. The molecule has 0 aromatic heterocycles. The van der Waals surface area contributed by atoms with E-state index in [-0.39, 0.29) is 25.0 Å². The van der Waals surface area contributed by atoms with Gasteiger partial charge in [0.15, 0.2) is 18.1 Å². The van der Waals surface area contributed by atoms with Gasteiger partial charge in [0.2, 0.25) is 0 Å². The molecule has 0 bridgehead atoms. The van der Waals surface area contributed by atoms with Crippen LogP contribution in [0.1, 0.15) is 29.8 Å². The minimum atomic E-state index is -0.465. The smallest absolute Gasteiger partial charge is 0.308 e. The lowest BCUT2D eigenvalue weighted by molar-refractivity contribution is -0.131. The van der Waals surface area contributed by atoms with Crippen molar-refractivity contribution in [2.24, 2.45) is 0 Å². The molecule has 0 aliphatic heterocycles. The highest BCUT2D eigenvalue weighted by molar-refractivity contribution is 5.95. The molecule has 0 saturated heterocycles.